The molecule has 0 saturated carbocycles. The van der Waals surface area contributed by atoms with Crippen molar-refractivity contribution in [2.75, 3.05) is 26.2 Å². The summed E-state index contributed by atoms with van der Waals surface area (Å²) in [6.07, 6.45) is 1.96. The number of unbranched alkanes of at least 4 members (excludes halogenated alkanes) is 1. The Balaban J connectivity index is 1.88. The van der Waals surface area contributed by atoms with Crippen LogP contribution in [0.1, 0.15) is 19.8 Å². The summed E-state index contributed by atoms with van der Waals surface area (Å²) in [7, 11) is 0. The zero-order chi connectivity index (χ0) is 13.1. The SMILES string of the molecule is CCCCNC(=O)N1CCN2C(=O)NC(=O)[C@H]2C1. The van der Waals surface area contributed by atoms with Gasteiger partial charge in [0, 0.05) is 19.6 Å². The largest absolute Gasteiger partial charge is 0.338 e. The predicted molar refractivity (Wildman–Crippen MR) is 63.9 cm³/mol. The maximum Gasteiger partial charge on any atom is 0.324 e. The smallest absolute Gasteiger partial charge is 0.324 e. The lowest BCUT2D eigenvalue weighted by atomic mass is 10.2. The molecule has 1 atom stereocenters. The van der Waals surface area contributed by atoms with Gasteiger partial charge in [-0.15, -0.1) is 0 Å². The van der Waals surface area contributed by atoms with Crippen molar-refractivity contribution in [3.8, 4) is 0 Å². The summed E-state index contributed by atoms with van der Waals surface area (Å²) < 4.78 is 0. The molecule has 0 aromatic heterocycles. The third-order valence-corrected chi connectivity index (χ3v) is 3.27. The number of nitrogens with zero attached hydrogens (tertiary/aromatic N) is 2. The number of fused-ring (bicyclic) bond motifs is 1. The van der Waals surface area contributed by atoms with Crippen LogP contribution in [0.3, 0.4) is 0 Å². The number of urea groups is 2. The molecule has 2 aliphatic rings. The third-order valence-electron chi connectivity index (χ3n) is 3.27. The van der Waals surface area contributed by atoms with Crippen LogP contribution in [0, 0.1) is 0 Å². The number of amides is 5. The van der Waals surface area contributed by atoms with E-state index in [1.54, 1.807) is 4.90 Å². The number of piperazine rings is 1. The maximum absolute atomic E-state index is 11.8. The Hall–Kier alpha value is -1.79. The number of imide groups is 1. The van der Waals surface area contributed by atoms with Gasteiger partial charge in [0.2, 0.25) is 0 Å². The predicted octanol–water partition coefficient (Wildman–Crippen LogP) is -0.268. The van der Waals surface area contributed by atoms with Crippen LogP contribution in [-0.4, -0.2) is 60.0 Å². The van der Waals surface area contributed by atoms with Crippen LogP contribution >= 0.6 is 0 Å². The van der Waals surface area contributed by atoms with Crippen molar-refractivity contribution >= 4 is 18.0 Å². The van der Waals surface area contributed by atoms with Gasteiger partial charge in [-0.1, -0.05) is 13.3 Å². The number of hydrogen-bond donors (Lipinski definition) is 2. The lowest BCUT2D eigenvalue weighted by Gasteiger charge is -2.35. The zero-order valence-electron chi connectivity index (χ0n) is 10.4. The molecule has 2 fully saturated rings. The lowest BCUT2D eigenvalue weighted by Crippen LogP contribution is -2.56. The van der Waals surface area contributed by atoms with Gasteiger partial charge in [-0.2, -0.15) is 0 Å². The Morgan fingerprint density at radius 2 is 2.22 bits per heavy atom. The van der Waals surface area contributed by atoms with E-state index in [-0.39, 0.29) is 24.5 Å². The van der Waals surface area contributed by atoms with Gasteiger partial charge in [-0.25, -0.2) is 9.59 Å². The monoisotopic (exact) mass is 254 g/mol. The van der Waals surface area contributed by atoms with E-state index in [2.05, 4.69) is 17.6 Å². The molecule has 0 radical (unpaired) electrons. The highest BCUT2D eigenvalue weighted by molar-refractivity contribution is 6.04. The summed E-state index contributed by atoms with van der Waals surface area (Å²) in [6, 6.07) is -1.03. The normalized spacial score (nSPS) is 22.8. The quantitative estimate of drug-likeness (QED) is 0.537. The zero-order valence-corrected chi connectivity index (χ0v) is 10.4. The van der Waals surface area contributed by atoms with Crippen LogP contribution < -0.4 is 10.6 Å². The van der Waals surface area contributed by atoms with Gasteiger partial charge >= 0.3 is 12.1 Å². The number of nitrogens with one attached hydrogen (secondary N) is 2. The van der Waals surface area contributed by atoms with Crippen LogP contribution in [0.4, 0.5) is 9.59 Å². The Labute approximate surface area is 105 Å². The van der Waals surface area contributed by atoms with Crippen molar-refractivity contribution in [1.29, 1.82) is 0 Å². The highest BCUT2D eigenvalue weighted by Gasteiger charge is 2.42. The highest BCUT2D eigenvalue weighted by Crippen LogP contribution is 2.15. The first-order valence-electron chi connectivity index (χ1n) is 6.27. The molecule has 2 heterocycles. The van der Waals surface area contributed by atoms with Crippen molar-refractivity contribution < 1.29 is 14.4 Å². The molecule has 5 amide bonds. The van der Waals surface area contributed by atoms with Crippen LogP contribution in [0.2, 0.25) is 0 Å². The summed E-state index contributed by atoms with van der Waals surface area (Å²) in [6.45, 7) is 3.85. The van der Waals surface area contributed by atoms with E-state index >= 15 is 0 Å². The molecule has 18 heavy (non-hydrogen) atoms. The Kier molecular flexibility index (Phi) is 3.69. The topological polar surface area (TPSA) is 81.8 Å². The minimum atomic E-state index is -0.525. The Morgan fingerprint density at radius 1 is 1.44 bits per heavy atom. The Morgan fingerprint density at radius 3 is 2.94 bits per heavy atom. The Bertz CT molecular complexity index is 371. The second kappa shape index (κ2) is 5.24. The van der Waals surface area contributed by atoms with Crippen LogP contribution in [0.25, 0.3) is 0 Å². The summed E-state index contributed by atoms with van der Waals surface area (Å²) >= 11 is 0. The summed E-state index contributed by atoms with van der Waals surface area (Å²) in [5.74, 6) is -0.314. The lowest BCUT2D eigenvalue weighted by molar-refractivity contribution is -0.122. The molecule has 0 unspecified atom stereocenters. The third kappa shape index (κ3) is 2.39. The van der Waals surface area contributed by atoms with Crippen LogP contribution in [-0.2, 0) is 4.79 Å². The van der Waals surface area contributed by atoms with E-state index in [9.17, 15) is 14.4 Å². The van der Waals surface area contributed by atoms with E-state index in [0.29, 0.717) is 19.6 Å². The van der Waals surface area contributed by atoms with Crippen molar-refractivity contribution in [3.05, 3.63) is 0 Å². The van der Waals surface area contributed by atoms with Gasteiger partial charge in [-0.05, 0) is 6.42 Å². The fourth-order valence-corrected chi connectivity index (χ4v) is 2.18. The molecule has 7 heteroatoms. The van der Waals surface area contributed by atoms with Crippen molar-refractivity contribution in [2.45, 2.75) is 25.8 Å². The average Bonchev–Trinajstić information content (AvgIpc) is 2.65. The van der Waals surface area contributed by atoms with Gasteiger partial charge in [0.15, 0.2) is 0 Å². The summed E-state index contributed by atoms with van der Waals surface area (Å²) in [5, 5.41) is 5.07. The van der Waals surface area contributed by atoms with E-state index in [1.807, 2.05) is 0 Å². The van der Waals surface area contributed by atoms with E-state index in [1.165, 1.54) is 4.90 Å². The molecule has 0 aromatic rings. The van der Waals surface area contributed by atoms with Crippen molar-refractivity contribution in [1.82, 2.24) is 20.4 Å². The first kappa shape index (κ1) is 12.7. The molecule has 2 aliphatic heterocycles. The van der Waals surface area contributed by atoms with Gasteiger partial charge in [0.1, 0.15) is 6.04 Å². The number of carbonyl (C=O) groups is 3. The fourth-order valence-electron chi connectivity index (χ4n) is 2.18. The van der Waals surface area contributed by atoms with Gasteiger partial charge in [0.05, 0.1) is 6.54 Å². The van der Waals surface area contributed by atoms with E-state index < -0.39 is 6.04 Å². The molecule has 0 aliphatic carbocycles. The van der Waals surface area contributed by atoms with E-state index in [0.717, 1.165) is 12.8 Å². The van der Waals surface area contributed by atoms with E-state index in [4.69, 9.17) is 0 Å². The van der Waals surface area contributed by atoms with Gasteiger partial charge in [-0.3, -0.25) is 10.1 Å². The highest BCUT2D eigenvalue weighted by atomic mass is 16.2. The molecule has 7 nitrogen and oxygen atoms in total. The molecule has 100 valence electrons. The standard InChI is InChI=1S/C11H18N4O3/c1-2-3-4-12-10(17)14-5-6-15-8(7-14)9(16)13-11(15)18/h8H,2-7H2,1H3,(H,12,17)(H,13,16,18)/t8-/m1/s1. The number of carbonyl (C=O) groups excluding carboxylic acids is 3. The van der Waals surface area contributed by atoms with Gasteiger partial charge in [0.25, 0.3) is 5.91 Å². The second-order valence-electron chi connectivity index (χ2n) is 4.54. The molecule has 0 aromatic carbocycles. The summed E-state index contributed by atoms with van der Waals surface area (Å²) in [5.41, 5.74) is 0. The number of rotatable bonds is 3. The second-order valence-corrected chi connectivity index (χ2v) is 4.54. The minimum Gasteiger partial charge on any atom is -0.338 e. The molecule has 2 rings (SSSR count). The number of hydrogen-bond acceptors (Lipinski definition) is 3. The molecule has 0 bridgehead atoms. The maximum atomic E-state index is 11.8. The van der Waals surface area contributed by atoms with Crippen LogP contribution in [0.5, 0.6) is 0 Å². The molecule has 0 spiro atoms. The van der Waals surface area contributed by atoms with Crippen molar-refractivity contribution in [3.63, 3.8) is 0 Å². The summed E-state index contributed by atoms with van der Waals surface area (Å²) in [4.78, 5) is 37.8. The first-order chi connectivity index (χ1) is 8.63. The van der Waals surface area contributed by atoms with Crippen molar-refractivity contribution in [2.24, 2.45) is 0 Å². The molecule has 2 N–H and O–H groups in total. The molecule has 2 saturated heterocycles. The average molecular weight is 254 g/mol. The fraction of sp³-hybridized carbons (Fsp3) is 0.727. The van der Waals surface area contributed by atoms with Crippen LogP contribution in [0.15, 0.2) is 0 Å². The molecular formula is C11H18N4O3. The van der Waals surface area contributed by atoms with Gasteiger partial charge < -0.3 is 15.1 Å². The minimum absolute atomic E-state index is 0.157. The molecular weight excluding hydrogens is 236 g/mol. The first-order valence-corrected chi connectivity index (χ1v) is 6.27.